The summed E-state index contributed by atoms with van der Waals surface area (Å²) in [4.78, 5) is 21.9. The number of carbonyl (C=O) groups is 2. The minimum absolute atomic E-state index is 0.212. The van der Waals surface area contributed by atoms with Gasteiger partial charge >= 0.3 is 18.2 Å². The number of carbonyl (C=O) groups excluding carboxylic acids is 1. The van der Waals surface area contributed by atoms with Gasteiger partial charge in [-0.2, -0.15) is 18.4 Å². The second kappa shape index (κ2) is 6.13. The summed E-state index contributed by atoms with van der Waals surface area (Å²) in [6.45, 7) is 1.20. The van der Waals surface area contributed by atoms with Crippen molar-refractivity contribution in [3.63, 3.8) is 0 Å². The van der Waals surface area contributed by atoms with Crippen LogP contribution >= 0.6 is 0 Å². The van der Waals surface area contributed by atoms with E-state index < -0.39 is 35.3 Å². The summed E-state index contributed by atoms with van der Waals surface area (Å²) in [5, 5.41) is 21.3. The lowest BCUT2D eigenvalue weighted by Crippen LogP contribution is -2.40. The molecule has 0 aliphatic heterocycles. The second-order valence-corrected chi connectivity index (χ2v) is 4.03. The number of amides is 2. The minimum Gasteiger partial charge on any atom is -0.480 e. The molecular formula is C12H10F3N3O3. The molecule has 1 atom stereocenters. The van der Waals surface area contributed by atoms with Crippen molar-refractivity contribution in [2.45, 2.75) is 19.1 Å². The first-order valence-corrected chi connectivity index (χ1v) is 5.57. The fraction of sp³-hybridized carbons (Fsp3) is 0.250. The van der Waals surface area contributed by atoms with E-state index in [-0.39, 0.29) is 5.69 Å². The highest BCUT2D eigenvalue weighted by atomic mass is 19.4. The van der Waals surface area contributed by atoms with E-state index in [2.05, 4.69) is 5.32 Å². The normalized spacial score (nSPS) is 12.1. The lowest BCUT2D eigenvalue weighted by Gasteiger charge is -2.13. The maximum absolute atomic E-state index is 12.7. The third kappa shape index (κ3) is 4.38. The number of rotatable bonds is 3. The molecule has 0 radical (unpaired) electrons. The van der Waals surface area contributed by atoms with E-state index in [1.165, 1.54) is 13.0 Å². The van der Waals surface area contributed by atoms with Crippen LogP contribution in [0.4, 0.5) is 23.7 Å². The van der Waals surface area contributed by atoms with Gasteiger partial charge in [0.1, 0.15) is 6.04 Å². The van der Waals surface area contributed by atoms with Crippen LogP contribution in [0.25, 0.3) is 0 Å². The number of hydrogen-bond donors (Lipinski definition) is 3. The fourth-order valence-electron chi connectivity index (χ4n) is 1.38. The summed E-state index contributed by atoms with van der Waals surface area (Å²) in [5.41, 5.74) is -1.97. The predicted molar refractivity (Wildman–Crippen MR) is 65.4 cm³/mol. The topological polar surface area (TPSA) is 102 Å². The number of nitrogens with zero attached hydrogens (tertiary/aromatic N) is 1. The van der Waals surface area contributed by atoms with Crippen LogP contribution in [0.15, 0.2) is 18.2 Å². The molecule has 1 aromatic carbocycles. The lowest BCUT2D eigenvalue weighted by atomic mass is 10.1. The molecule has 21 heavy (non-hydrogen) atoms. The Balaban J connectivity index is 2.94. The third-order valence-electron chi connectivity index (χ3n) is 2.42. The third-order valence-corrected chi connectivity index (χ3v) is 2.42. The molecule has 3 N–H and O–H groups in total. The van der Waals surface area contributed by atoms with E-state index in [0.29, 0.717) is 6.07 Å². The van der Waals surface area contributed by atoms with E-state index >= 15 is 0 Å². The molecule has 9 heteroatoms. The number of nitrogens with one attached hydrogen (secondary N) is 2. The van der Waals surface area contributed by atoms with Gasteiger partial charge in [-0.3, -0.25) is 4.79 Å². The number of hydrogen-bond acceptors (Lipinski definition) is 3. The zero-order valence-electron chi connectivity index (χ0n) is 10.7. The molecule has 0 saturated heterocycles. The van der Waals surface area contributed by atoms with Gasteiger partial charge in [-0.05, 0) is 25.1 Å². The smallest absolute Gasteiger partial charge is 0.417 e. The van der Waals surface area contributed by atoms with Crippen LogP contribution < -0.4 is 10.6 Å². The molecule has 1 unspecified atom stereocenters. The Kier molecular flexibility index (Phi) is 4.75. The number of alkyl halides is 3. The van der Waals surface area contributed by atoms with Crippen LogP contribution in [0.1, 0.15) is 18.1 Å². The number of halogens is 3. The highest BCUT2D eigenvalue weighted by molar-refractivity contribution is 5.92. The number of anilines is 1. The van der Waals surface area contributed by atoms with E-state index in [4.69, 9.17) is 10.4 Å². The average molecular weight is 301 g/mol. The molecule has 0 aliphatic carbocycles. The number of carboxylic acid groups (broad SMARTS) is 1. The van der Waals surface area contributed by atoms with Gasteiger partial charge < -0.3 is 15.7 Å². The van der Waals surface area contributed by atoms with Gasteiger partial charge in [-0.15, -0.1) is 0 Å². The Morgan fingerprint density at radius 3 is 2.48 bits per heavy atom. The first kappa shape index (κ1) is 16.3. The Hall–Kier alpha value is -2.76. The Labute approximate surface area is 117 Å². The molecule has 0 fully saturated rings. The zero-order valence-corrected chi connectivity index (χ0v) is 10.7. The molecule has 1 aromatic rings. The summed E-state index contributed by atoms with van der Waals surface area (Å²) in [6, 6.07) is 1.86. The summed E-state index contributed by atoms with van der Waals surface area (Å²) in [7, 11) is 0. The summed E-state index contributed by atoms with van der Waals surface area (Å²) < 4.78 is 38.1. The van der Waals surface area contributed by atoms with Gasteiger partial charge in [0.25, 0.3) is 0 Å². The van der Waals surface area contributed by atoms with Gasteiger partial charge in [-0.1, -0.05) is 0 Å². The van der Waals surface area contributed by atoms with Crippen LogP contribution in [-0.2, 0) is 11.0 Å². The number of nitriles is 1. The van der Waals surface area contributed by atoms with Gasteiger partial charge in [0, 0.05) is 5.69 Å². The molecule has 0 saturated carbocycles. The van der Waals surface area contributed by atoms with Crippen molar-refractivity contribution in [1.82, 2.24) is 5.32 Å². The molecule has 0 bridgehead atoms. The molecule has 0 aromatic heterocycles. The Morgan fingerprint density at radius 2 is 2.00 bits per heavy atom. The van der Waals surface area contributed by atoms with Crippen LogP contribution in [0.3, 0.4) is 0 Å². The molecule has 1 rings (SSSR count). The summed E-state index contributed by atoms with van der Waals surface area (Å²) in [5.74, 6) is -1.29. The van der Waals surface area contributed by atoms with Gasteiger partial charge in [0.05, 0.1) is 17.2 Å². The molecule has 112 valence electrons. The fourth-order valence-corrected chi connectivity index (χ4v) is 1.38. The van der Waals surface area contributed by atoms with Crippen LogP contribution in [-0.4, -0.2) is 23.1 Å². The average Bonchev–Trinajstić information content (AvgIpc) is 2.37. The largest absolute Gasteiger partial charge is 0.480 e. The van der Waals surface area contributed by atoms with E-state index in [1.54, 1.807) is 0 Å². The first-order valence-electron chi connectivity index (χ1n) is 5.57. The number of urea groups is 1. The van der Waals surface area contributed by atoms with Crippen LogP contribution in [0.2, 0.25) is 0 Å². The predicted octanol–water partition coefficient (Wildman–Crippen LogP) is 2.17. The number of carboxylic acids is 1. The number of benzene rings is 1. The molecule has 2 amide bonds. The number of aliphatic carboxylic acids is 1. The zero-order chi connectivity index (χ0) is 16.2. The molecule has 0 aliphatic rings. The van der Waals surface area contributed by atoms with E-state index in [9.17, 15) is 22.8 Å². The lowest BCUT2D eigenvalue weighted by molar-refractivity contribution is -0.139. The van der Waals surface area contributed by atoms with Gasteiger partial charge in [0.2, 0.25) is 0 Å². The van der Waals surface area contributed by atoms with Crippen molar-refractivity contribution >= 4 is 17.7 Å². The van der Waals surface area contributed by atoms with Crippen molar-refractivity contribution in [2.24, 2.45) is 0 Å². The highest BCUT2D eigenvalue weighted by Gasteiger charge is 2.34. The highest BCUT2D eigenvalue weighted by Crippen LogP contribution is 2.33. The monoisotopic (exact) mass is 301 g/mol. The maximum atomic E-state index is 12.7. The molecule has 0 spiro atoms. The first-order chi connectivity index (χ1) is 9.65. The quantitative estimate of drug-likeness (QED) is 0.796. The van der Waals surface area contributed by atoms with Crippen LogP contribution in [0, 0.1) is 11.3 Å². The SMILES string of the molecule is CC(NC(=O)Nc1ccc(C#N)c(C(F)(F)F)c1)C(=O)O. The van der Waals surface area contributed by atoms with Crippen molar-refractivity contribution in [2.75, 3.05) is 5.32 Å². The maximum Gasteiger partial charge on any atom is 0.417 e. The van der Waals surface area contributed by atoms with Crippen molar-refractivity contribution in [3.8, 4) is 6.07 Å². The van der Waals surface area contributed by atoms with E-state index in [1.807, 2.05) is 5.32 Å². The summed E-state index contributed by atoms with van der Waals surface area (Å²) >= 11 is 0. The Bertz CT molecular complexity index is 608. The Morgan fingerprint density at radius 1 is 1.38 bits per heavy atom. The van der Waals surface area contributed by atoms with Crippen molar-refractivity contribution < 1.29 is 27.9 Å². The van der Waals surface area contributed by atoms with Crippen molar-refractivity contribution in [3.05, 3.63) is 29.3 Å². The minimum atomic E-state index is -4.74. The molecule has 6 nitrogen and oxygen atoms in total. The molecule has 0 heterocycles. The van der Waals surface area contributed by atoms with Crippen molar-refractivity contribution in [1.29, 1.82) is 5.26 Å². The van der Waals surface area contributed by atoms with Crippen LogP contribution in [0.5, 0.6) is 0 Å². The van der Waals surface area contributed by atoms with Gasteiger partial charge in [-0.25, -0.2) is 4.79 Å². The van der Waals surface area contributed by atoms with Gasteiger partial charge in [0.15, 0.2) is 0 Å². The second-order valence-electron chi connectivity index (χ2n) is 4.03. The standard InChI is InChI=1S/C12H10F3N3O3/c1-6(10(19)20)17-11(21)18-8-3-2-7(5-16)9(4-8)12(13,14)15/h2-4,6H,1H3,(H,19,20)(H2,17,18,21). The summed E-state index contributed by atoms with van der Waals surface area (Å²) in [6.07, 6.45) is -4.74. The molecular weight excluding hydrogens is 291 g/mol. The van der Waals surface area contributed by atoms with E-state index in [0.717, 1.165) is 12.1 Å².